The van der Waals surface area contributed by atoms with Gasteiger partial charge in [0.2, 0.25) is 5.91 Å². The molecule has 1 saturated heterocycles. The third kappa shape index (κ3) is 5.39. The van der Waals surface area contributed by atoms with Crippen LogP contribution in [0.2, 0.25) is 0 Å². The van der Waals surface area contributed by atoms with E-state index in [2.05, 4.69) is 10.2 Å². The minimum Gasteiger partial charge on any atom is -0.336 e. The molecule has 6 heteroatoms. The van der Waals surface area contributed by atoms with Crippen molar-refractivity contribution < 1.29 is 14.4 Å². The van der Waals surface area contributed by atoms with Gasteiger partial charge in [-0.15, -0.1) is 0 Å². The highest BCUT2D eigenvalue weighted by atomic mass is 16.2. The number of hydrogen-bond donors (Lipinski definition) is 1. The molecule has 0 unspecified atom stereocenters. The van der Waals surface area contributed by atoms with Crippen molar-refractivity contribution in [3.05, 3.63) is 29.8 Å². The number of rotatable bonds is 4. The van der Waals surface area contributed by atoms with Crippen LogP contribution in [0.3, 0.4) is 0 Å². The molecule has 1 N–H and O–H groups in total. The Morgan fingerprint density at radius 3 is 2.28 bits per heavy atom. The van der Waals surface area contributed by atoms with Gasteiger partial charge in [0.05, 0.1) is 6.54 Å². The molecule has 0 saturated carbocycles. The van der Waals surface area contributed by atoms with Crippen LogP contribution in [-0.2, 0) is 9.59 Å². The van der Waals surface area contributed by atoms with Gasteiger partial charge in [0.1, 0.15) is 0 Å². The summed E-state index contributed by atoms with van der Waals surface area (Å²) in [6.07, 6.45) is 0. The van der Waals surface area contributed by atoms with Gasteiger partial charge in [0.15, 0.2) is 5.78 Å². The van der Waals surface area contributed by atoms with Crippen molar-refractivity contribution in [3.8, 4) is 0 Å². The number of ketones is 1. The highest BCUT2D eigenvalue weighted by Crippen LogP contribution is 2.17. The number of benzene rings is 1. The molecule has 136 valence electrons. The van der Waals surface area contributed by atoms with E-state index >= 15 is 0 Å². The summed E-state index contributed by atoms with van der Waals surface area (Å²) in [6.45, 7) is 10.2. The summed E-state index contributed by atoms with van der Waals surface area (Å²) in [4.78, 5) is 39.8. The fraction of sp³-hybridized carbons (Fsp3) is 0.526. The molecule has 0 radical (unpaired) electrons. The zero-order valence-corrected chi connectivity index (χ0v) is 15.5. The Bertz CT molecular complexity index is 656. The van der Waals surface area contributed by atoms with Crippen molar-refractivity contribution >= 4 is 23.3 Å². The molecule has 1 aliphatic rings. The van der Waals surface area contributed by atoms with E-state index in [0.717, 1.165) is 0 Å². The summed E-state index contributed by atoms with van der Waals surface area (Å²) in [6, 6.07) is 6.97. The fourth-order valence-corrected chi connectivity index (χ4v) is 2.67. The lowest BCUT2D eigenvalue weighted by Crippen LogP contribution is -2.50. The maximum absolute atomic E-state index is 12.7. The lowest BCUT2D eigenvalue weighted by Gasteiger charge is -2.35. The first-order valence-corrected chi connectivity index (χ1v) is 8.59. The Hall–Kier alpha value is -2.21. The van der Waals surface area contributed by atoms with Crippen molar-refractivity contribution in [2.24, 2.45) is 5.41 Å². The minimum atomic E-state index is -0.336. The van der Waals surface area contributed by atoms with Crippen molar-refractivity contribution in [3.63, 3.8) is 0 Å². The smallest absolute Gasteiger partial charge is 0.254 e. The quantitative estimate of drug-likeness (QED) is 0.906. The molecule has 1 heterocycles. The van der Waals surface area contributed by atoms with Crippen LogP contribution in [-0.4, -0.2) is 60.1 Å². The highest BCUT2D eigenvalue weighted by molar-refractivity contribution is 5.97. The second-order valence-electron chi connectivity index (χ2n) is 7.50. The monoisotopic (exact) mass is 345 g/mol. The largest absolute Gasteiger partial charge is 0.336 e. The first-order valence-electron chi connectivity index (χ1n) is 8.59. The Balaban J connectivity index is 1.93. The first-order chi connectivity index (χ1) is 11.7. The molecule has 0 bridgehead atoms. The Labute approximate surface area is 149 Å². The molecule has 1 fully saturated rings. The van der Waals surface area contributed by atoms with E-state index < -0.39 is 0 Å². The molecule has 1 aromatic rings. The average molecular weight is 345 g/mol. The first kappa shape index (κ1) is 19.1. The second-order valence-corrected chi connectivity index (χ2v) is 7.50. The van der Waals surface area contributed by atoms with Crippen LogP contribution < -0.4 is 5.32 Å². The summed E-state index contributed by atoms with van der Waals surface area (Å²) in [5.74, 6) is 0.00557. The Morgan fingerprint density at radius 2 is 1.72 bits per heavy atom. The van der Waals surface area contributed by atoms with E-state index in [1.165, 1.54) is 6.92 Å². The number of hydrogen-bond acceptors (Lipinski definition) is 4. The van der Waals surface area contributed by atoms with Gasteiger partial charge in [-0.25, -0.2) is 0 Å². The number of anilines is 1. The minimum absolute atomic E-state index is 0.0472. The van der Waals surface area contributed by atoms with Crippen molar-refractivity contribution in [2.45, 2.75) is 27.7 Å². The number of carbonyl (C=O) groups excluding carboxylic acids is 3. The standard InChI is InChI=1S/C19H27N3O3/c1-14(23)20-16-7-5-6-15(12-16)18(25)22-10-8-21(9-11-22)13-17(24)19(2,3)4/h5-7,12H,8-11,13H2,1-4H3,(H,20,23). The van der Waals surface area contributed by atoms with Gasteiger partial charge in [-0.05, 0) is 18.2 Å². The van der Waals surface area contributed by atoms with E-state index in [-0.39, 0.29) is 23.0 Å². The van der Waals surface area contributed by atoms with Crippen LogP contribution in [0.4, 0.5) is 5.69 Å². The van der Waals surface area contributed by atoms with E-state index in [9.17, 15) is 14.4 Å². The van der Waals surface area contributed by atoms with Crippen LogP contribution >= 0.6 is 0 Å². The molecule has 2 rings (SSSR count). The van der Waals surface area contributed by atoms with E-state index in [1.54, 1.807) is 29.2 Å². The topological polar surface area (TPSA) is 69.7 Å². The summed E-state index contributed by atoms with van der Waals surface area (Å²) >= 11 is 0. The SMILES string of the molecule is CC(=O)Nc1cccc(C(=O)N2CCN(CC(=O)C(C)(C)C)CC2)c1. The lowest BCUT2D eigenvalue weighted by molar-refractivity contribution is -0.127. The second kappa shape index (κ2) is 7.78. The van der Waals surface area contributed by atoms with Gasteiger partial charge < -0.3 is 10.2 Å². The normalized spacial score (nSPS) is 15.8. The maximum Gasteiger partial charge on any atom is 0.254 e. The van der Waals surface area contributed by atoms with E-state index in [1.807, 2.05) is 20.8 Å². The third-order valence-electron chi connectivity index (χ3n) is 4.29. The molecule has 1 aliphatic heterocycles. The molecule has 25 heavy (non-hydrogen) atoms. The van der Waals surface area contributed by atoms with Crippen LogP contribution in [0.25, 0.3) is 0 Å². The predicted molar refractivity (Wildman–Crippen MR) is 97.6 cm³/mol. The highest BCUT2D eigenvalue weighted by Gasteiger charge is 2.27. The number of nitrogens with zero attached hydrogens (tertiary/aromatic N) is 2. The summed E-state index contributed by atoms with van der Waals surface area (Å²) in [5.41, 5.74) is 0.843. The van der Waals surface area contributed by atoms with E-state index in [0.29, 0.717) is 44.0 Å². The number of nitrogens with one attached hydrogen (secondary N) is 1. The van der Waals surface area contributed by atoms with Crippen LogP contribution in [0.1, 0.15) is 38.1 Å². The number of piperazine rings is 1. The van der Waals surface area contributed by atoms with Gasteiger partial charge in [-0.1, -0.05) is 26.8 Å². The van der Waals surface area contributed by atoms with Gasteiger partial charge >= 0.3 is 0 Å². The maximum atomic E-state index is 12.7. The number of Topliss-reactive ketones (excluding diaryl/α,β-unsaturated/α-hetero) is 1. The Kier molecular flexibility index (Phi) is 5.95. The van der Waals surface area contributed by atoms with Gasteiger partial charge in [-0.3, -0.25) is 19.3 Å². The zero-order valence-electron chi connectivity index (χ0n) is 15.5. The summed E-state index contributed by atoms with van der Waals surface area (Å²) < 4.78 is 0. The molecule has 0 spiro atoms. The van der Waals surface area contributed by atoms with Crippen molar-refractivity contribution in [2.75, 3.05) is 38.0 Å². The molecule has 0 atom stereocenters. The van der Waals surface area contributed by atoms with Gasteiger partial charge in [-0.2, -0.15) is 0 Å². The van der Waals surface area contributed by atoms with Crippen molar-refractivity contribution in [1.29, 1.82) is 0 Å². The van der Waals surface area contributed by atoms with Crippen LogP contribution in [0.15, 0.2) is 24.3 Å². The summed E-state index contributed by atoms with van der Waals surface area (Å²) in [7, 11) is 0. The van der Waals surface area contributed by atoms with Crippen molar-refractivity contribution in [1.82, 2.24) is 9.80 Å². The van der Waals surface area contributed by atoms with Gasteiger partial charge in [0.25, 0.3) is 5.91 Å². The number of amides is 2. The predicted octanol–water partition coefficient (Wildman–Crippen LogP) is 2.02. The molecule has 2 amide bonds. The molecule has 1 aromatic carbocycles. The molecular formula is C19H27N3O3. The molecule has 0 aliphatic carbocycles. The average Bonchev–Trinajstić information content (AvgIpc) is 2.53. The van der Waals surface area contributed by atoms with Crippen LogP contribution in [0.5, 0.6) is 0 Å². The zero-order chi connectivity index (χ0) is 18.6. The van der Waals surface area contributed by atoms with Crippen LogP contribution in [0, 0.1) is 5.41 Å². The van der Waals surface area contributed by atoms with Gasteiger partial charge in [0, 0.05) is 49.8 Å². The number of carbonyl (C=O) groups is 3. The summed E-state index contributed by atoms with van der Waals surface area (Å²) in [5, 5.41) is 2.69. The molecular weight excluding hydrogens is 318 g/mol. The third-order valence-corrected chi connectivity index (χ3v) is 4.29. The lowest BCUT2D eigenvalue weighted by atomic mass is 9.90. The molecule has 6 nitrogen and oxygen atoms in total. The Morgan fingerprint density at radius 1 is 1.08 bits per heavy atom. The van der Waals surface area contributed by atoms with E-state index in [4.69, 9.17) is 0 Å². The molecule has 0 aromatic heterocycles. The fourth-order valence-electron chi connectivity index (χ4n) is 2.67.